The van der Waals surface area contributed by atoms with Crippen LogP contribution in [-0.2, 0) is 4.79 Å². The predicted octanol–water partition coefficient (Wildman–Crippen LogP) is 1.71. The molecule has 3 rings (SSSR count). The topological polar surface area (TPSA) is 66.9 Å². The van der Waals surface area contributed by atoms with Crippen molar-refractivity contribution in [2.24, 2.45) is 0 Å². The first-order chi connectivity index (χ1) is 9.34. The number of aromatic nitrogens is 2. The first kappa shape index (κ1) is 12.0. The maximum Gasteiger partial charge on any atom is 0.241 e. The van der Waals surface area contributed by atoms with Gasteiger partial charge in [-0.25, -0.2) is 0 Å². The van der Waals surface area contributed by atoms with Crippen LogP contribution in [0.4, 0.5) is 5.69 Å². The van der Waals surface area contributed by atoms with Gasteiger partial charge in [0.2, 0.25) is 5.91 Å². The molecule has 2 aromatic rings. The molecule has 5 heteroatoms. The molecule has 0 aromatic carbocycles. The Morgan fingerprint density at radius 1 is 1.32 bits per heavy atom. The van der Waals surface area contributed by atoms with Crippen LogP contribution in [-0.4, -0.2) is 28.5 Å². The smallest absolute Gasteiger partial charge is 0.241 e. The normalized spacial score (nSPS) is 19.3. The van der Waals surface area contributed by atoms with Gasteiger partial charge in [0.15, 0.2) is 0 Å². The number of hydrogen-bond donors (Lipinski definition) is 2. The third kappa shape index (κ3) is 2.56. The fourth-order valence-electron chi connectivity index (χ4n) is 2.39. The molecule has 1 amide bonds. The molecule has 1 atom stereocenters. The summed E-state index contributed by atoms with van der Waals surface area (Å²) in [6, 6.07) is 3.56. The highest BCUT2D eigenvalue weighted by atomic mass is 16.2. The fraction of sp³-hybridized carbons (Fsp3) is 0.357. The Morgan fingerprint density at radius 2 is 2.26 bits per heavy atom. The molecule has 0 saturated carbocycles. The number of rotatable bonds is 2. The summed E-state index contributed by atoms with van der Waals surface area (Å²) in [5, 5.41) is 7.09. The van der Waals surface area contributed by atoms with E-state index in [-0.39, 0.29) is 11.9 Å². The lowest BCUT2D eigenvalue weighted by Gasteiger charge is -2.22. The summed E-state index contributed by atoms with van der Waals surface area (Å²) < 4.78 is 0. The Balaban J connectivity index is 1.82. The van der Waals surface area contributed by atoms with Crippen molar-refractivity contribution in [2.45, 2.75) is 25.3 Å². The number of nitrogens with zero attached hydrogens (tertiary/aromatic N) is 2. The van der Waals surface area contributed by atoms with Crippen LogP contribution in [0.15, 0.2) is 30.7 Å². The van der Waals surface area contributed by atoms with E-state index in [1.165, 1.54) is 0 Å². The van der Waals surface area contributed by atoms with Crippen molar-refractivity contribution in [3.05, 3.63) is 30.7 Å². The molecule has 19 heavy (non-hydrogen) atoms. The second kappa shape index (κ2) is 5.32. The number of amides is 1. The van der Waals surface area contributed by atoms with Gasteiger partial charge in [0, 0.05) is 24.0 Å². The summed E-state index contributed by atoms with van der Waals surface area (Å²) in [6.45, 7) is 0.913. The monoisotopic (exact) mass is 256 g/mol. The maximum absolute atomic E-state index is 12.2. The average Bonchev–Trinajstić information content (AvgIpc) is 2.48. The Kier molecular flexibility index (Phi) is 3.37. The second-order valence-corrected chi connectivity index (χ2v) is 4.74. The number of fused-ring (bicyclic) bond motifs is 1. The maximum atomic E-state index is 12.2. The van der Waals surface area contributed by atoms with E-state index in [9.17, 15) is 4.79 Å². The van der Waals surface area contributed by atoms with Gasteiger partial charge in [-0.05, 0) is 31.5 Å². The van der Waals surface area contributed by atoms with Gasteiger partial charge >= 0.3 is 0 Å². The van der Waals surface area contributed by atoms with Gasteiger partial charge in [0.05, 0.1) is 17.2 Å². The van der Waals surface area contributed by atoms with Crippen molar-refractivity contribution < 1.29 is 4.79 Å². The van der Waals surface area contributed by atoms with Crippen molar-refractivity contribution in [1.29, 1.82) is 0 Å². The molecule has 1 aliphatic rings. The molecule has 0 unspecified atom stereocenters. The molecule has 1 fully saturated rings. The summed E-state index contributed by atoms with van der Waals surface area (Å²) in [4.78, 5) is 20.5. The van der Waals surface area contributed by atoms with E-state index in [0.29, 0.717) is 0 Å². The molecular weight excluding hydrogens is 240 g/mol. The van der Waals surface area contributed by atoms with Crippen molar-refractivity contribution in [1.82, 2.24) is 15.3 Å². The number of piperidine rings is 1. The second-order valence-electron chi connectivity index (χ2n) is 4.74. The Morgan fingerprint density at radius 3 is 3.11 bits per heavy atom. The number of pyridine rings is 2. The van der Waals surface area contributed by atoms with E-state index in [0.717, 1.165) is 42.4 Å². The van der Waals surface area contributed by atoms with E-state index < -0.39 is 0 Å². The minimum atomic E-state index is -0.0892. The average molecular weight is 256 g/mol. The largest absolute Gasteiger partial charge is 0.324 e. The molecule has 98 valence electrons. The number of carbonyl (C=O) groups excluding carboxylic acids is 1. The van der Waals surface area contributed by atoms with Crippen LogP contribution in [0, 0.1) is 0 Å². The Hall–Kier alpha value is -2.01. The Bertz CT molecular complexity index is 588. The van der Waals surface area contributed by atoms with E-state index in [1.807, 2.05) is 12.1 Å². The van der Waals surface area contributed by atoms with E-state index >= 15 is 0 Å². The van der Waals surface area contributed by atoms with E-state index in [1.54, 1.807) is 18.6 Å². The van der Waals surface area contributed by atoms with Crippen molar-refractivity contribution in [3.63, 3.8) is 0 Å². The highest BCUT2D eigenvalue weighted by Gasteiger charge is 2.20. The zero-order valence-corrected chi connectivity index (χ0v) is 10.6. The van der Waals surface area contributed by atoms with Gasteiger partial charge in [-0.1, -0.05) is 6.42 Å². The highest BCUT2D eigenvalue weighted by molar-refractivity contribution is 6.02. The SMILES string of the molecule is O=C(Nc1ccnc2ccncc12)[C@H]1CCCCN1. The van der Waals surface area contributed by atoms with Gasteiger partial charge in [-0.2, -0.15) is 0 Å². The molecule has 0 spiro atoms. The van der Waals surface area contributed by atoms with Crippen LogP contribution in [0.2, 0.25) is 0 Å². The van der Waals surface area contributed by atoms with E-state index in [4.69, 9.17) is 0 Å². The zero-order valence-electron chi connectivity index (χ0n) is 10.6. The number of anilines is 1. The minimum Gasteiger partial charge on any atom is -0.324 e. The first-order valence-corrected chi connectivity index (χ1v) is 6.57. The fourth-order valence-corrected chi connectivity index (χ4v) is 2.39. The molecule has 0 radical (unpaired) electrons. The standard InChI is InChI=1S/C14H16N4O/c19-14(13-3-1-2-6-16-13)18-12-5-8-17-11-4-7-15-9-10(11)12/h4-5,7-9,13,16H,1-3,6H2,(H,17,18,19)/t13-/m1/s1. The summed E-state index contributed by atoms with van der Waals surface area (Å²) >= 11 is 0. The quantitative estimate of drug-likeness (QED) is 0.858. The molecule has 1 aliphatic heterocycles. The van der Waals surface area contributed by atoms with Gasteiger partial charge in [0.25, 0.3) is 0 Å². The van der Waals surface area contributed by atoms with Gasteiger partial charge in [0.1, 0.15) is 0 Å². The van der Waals surface area contributed by atoms with Crippen LogP contribution < -0.4 is 10.6 Å². The van der Waals surface area contributed by atoms with E-state index in [2.05, 4.69) is 20.6 Å². The molecule has 5 nitrogen and oxygen atoms in total. The molecule has 3 heterocycles. The van der Waals surface area contributed by atoms with Crippen LogP contribution in [0.1, 0.15) is 19.3 Å². The minimum absolute atomic E-state index is 0.0241. The Labute approximate surface area is 111 Å². The van der Waals surface area contributed by atoms with Crippen molar-refractivity contribution in [3.8, 4) is 0 Å². The molecule has 2 N–H and O–H groups in total. The van der Waals surface area contributed by atoms with Crippen LogP contribution in [0.5, 0.6) is 0 Å². The van der Waals surface area contributed by atoms with Crippen LogP contribution >= 0.6 is 0 Å². The summed E-state index contributed by atoms with van der Waals surface area (Å²) in [6.07, 6.45) is 8.27. The van der Waals surface area contributed by atoms with Gasteiger partial charge in [-0.3, -0.25) is 14.8 Å². The lowest BCUT2D eigenvalue weighted by atomic mass is 10.0. The van der Waals surface area contributed by atoms with Crippen molar-refractivity contribution in [2.75, 3.05) is 11.9 Å². The number of hydrogen-bond acceptors (Lipinski definition) is 4. The van der Waals surface area contributed by atoms with Gasteiger partial charge < -0.3 is 10.6 Å². The summed E-state index contributed by atoms with van der Waals surface area (Å²) in [5.74, 6) is 0.0241. The first-order valence-electron chi connectivity index (χ1n) is 6.57. The molecule has 0 bridgehead atoms. The lowest BCUT2D eigenvalue weighted by Crippen LogP contribution is -2.43. The third-order valence-corrected chi connectivity index (χ3v) is 3.43. The molecular formula is C14H16N4O. The highest BCUT2D eigenvalue weighted by Crippen LogP contribution is 2.20. The predicted molar refractivity (Wildman–Crippen MR) is 73.8 cm³/mol. The number of nitrogens with one attached hydrogen (secondary N) is 2. The molecule has 2 aromatic heterocycles. The summed E-state index contributed by atoms with van der Waals surface area (Å²) in [5.41, 5.74) is 1.61. The zero-order chi connectivity index (χ0) is 13.1. The summed E-state index contributed by atoms with van der Waals surface area (Å²) in [7, 11) is 0. The number of carbonyl (C=O) groups is 1. The lowest BCUT2D eigenvalue weighted by molar-refractivity contribution is -0.118. The van der Waals surface area contributed by atoms with Crippen LogP contribution in [0.25, 0.3) is 10.9 Å². The van der Waals surface area contributed by atoms with Gasteiger partial charge in [-0.15, -0.1) is 0 Å². The van der Waals surface area contributed by atoms with Crippen LogP contribution in [0.3, 0.4) is 0 Å². The van der Waals surface area contributed by atoms with Crippen molar-refractivity contribution >= 4 is 22.5 Å². The molecule has 1 saturated heterocycles. The third-order valence-electron chi connectivity index (χ3n) is 3.43. The molecule has 0 aliphatic carbocycles.